The van der Waals surface area contributed by atoms with Crippen LogP contribution in [0, 0.1) is 5.82 Å². The maximum Gasteiger partial charge on any atom is 0.247 e. The van der Waals surface area contributed by atoms with Crippen molar-refractivity contribution in [3.05, 3.63) is 91.4 Å². The second-order valence-corrected chi connectivity index (χ2v) is 10.3. The highest BCUT2D eigenvalue weighted by Crippen LogP contribution is 2.38. The Hall–Kier alpha value is -5.49. The predicted molar refractivity (Wildman–Crippen MR) is 173 cm³/mol. The number of aromatic nitrogens is 4. The van der Waals surface area contributed by atoms with E-state index in [2.05, 4.69) is 32.4 Å². The second kappa shape index (κ2) is 13.2. The van der Waals surface area contributed by atoms with Crippen molar-refractivity contribution in [2.45, 2.75) is 0 Å². The molecular weight excluding hydrogens is 561 g/mol. The summed E-state index contributed by atoms with van der Waals surface area (Å²) in [6.45, 7) is 5.12. The Morgan fingerprint density at radius 1 is 1.00 bits per heavy atom. The number of nitrogens with one attached hydrogen (secondary N) is 3. The quantitative estimate of drug-likeness (QED) is 0.159. The van der Waals surface area contributed by atoms with Crippen molar-refractivity contribution in [3.63, 3.8) is 0 Å². The van der Waals surface area contributed by atoms with Gasteiger partial charge >= 0.3 is 0 Å². The van der Waals surface area contributed by atoms with Gasteiger partial charge in [0.2, 0.25) is 17.8 Å². The molecule has 226 valence electrons. The minimum atomic E-state index is -0.339. The number of likely N-dealkylation sites (N-methyl/N-ethyl adjacent to an activating group) is 2. The lowest BCUT2D eigenvalue weighted by molar-refractivity contribution is -0.111. The Morgan fingerprint density at radius 3 is 2.43 bits per heavy atom. The Kier molecular flexibility index (Phi) is 9.01. The van der Waals surface area contributed by atoms with E-state index in [1.165, 1.54) is 18.2 Å². The summed E-state index contributed by atoms with van der Waals surface area (Å²) >= 11 is 0. The highest BCUT2D eigenvalue weighted by molar-refractivity contribution is 6.02. The lowest BCUT2D eigenvalue weighted by atomic mass is 10.2. The summed E-state index contributed by atoms with van der Waals surface area (Å²) in [6, 6.07) is 19.3. The molecule has 5 aromatic rings. The fraction of sp³-hybridized carbons (Fsp3) is 0.188. The molecule has 0 atom stereocenters. The Labute approximate surface area is 255 Å². The fourth-order valence-electron chi connectivity index (χ4n) is 4.53. The molecule has 0 unspecified atom stereocenters. The highest BCUT2D eigenvalue weighted by Gasteiger charge is 2.19. The van der Waals surface area contributed by atoms with Crippen LogP contribution in [0.2, 0.25) is 0 Å². The molecule has 0 aliphatic carbocycles. The number of benzene rings is 3. The van der Waals surface area contributed by atoms with Gasteiger partial charge in [0.1, 0.15) is 17.1 Å². The third-order valence-corrected chi connectivity index (χ3v) is 6.82. The zero-order chi connectivity index (χ0) is 31.2. The molecule has 5 rings (SSSR count). The number of carbonyl (C=O) groups excluding carboxylic acids is 1. The average molecular weight is 596 g/mol. The minimum Gasteiger partial charge on any atom is -0.494 e. The number of hydrogen-bond donors (Lipinski definition) is 3. The fourth-order valence-corrected chi connectivity index (χ4v) is 4.53. The van der Waals surface area contributed by atoms with Crippen LogP contribution in [0.25, 0.3) is 16.9 Å². The molecule has 0 aliphatic heterocycles. The molecule has 3 aromatic carbocycles. The standard InChI is InChI=1S/C32H34FN9O2/c1-6-29(43)36-24-18-25(28(44-5)19-27(24)41(4)17-16-40(2)3)37-31-34-20-26-30(39-31)42(23-10-8-7-9-11-23)32(38-26)35-22-14-12-21(33)13-15-22/h6-15,18-20H,1,16-17H2,2-5H3,(H,35,38)(H,36,43)(H,34,37,39). The van der Waals surface area contributed by atoms with Gasteiger partial charge in [-0.15, -0.1) is 0 Å². The van der Waals surface area contributed by atoms with Crippen LogP contribution in [0.5, 0.6) is 5.75 Å². The molecule has 44 heavy (non-hydrogen) atoms. The van der Waals surface area contributed by atoms with E-state index >= 15 is 0 Å². The number of rotatable bonds is 12. The van der Waals surface area contributed by atoms with Gasteiger partial charge in [-0.05, 0) is 62.6 Å². The first-order valence-corrected chi connectivity index (χ1v) is 13.9. The molecule has 0 saturated carbocycles. The van der Waals surface area contributed by atoms with E-state index in [0.29, 0.717) is 39.9 Å². The number of halogens is 1. The van der Waals surface area contributed by atoms with Crippen LogP contribution in [-0.2, 0) is 4.79 Å². The monoisotopic (exact) mass is 595 g/mol. The van der Waals surface area contributed by atoms with Crippen molar-refractivity contribution in [1.82, 2.24) is 24.4 Å². The molecule has 0 bridgehead atoms. The molecule has 1 amide bonds. The smallest absolute Gasteiger partial charge is 0.247 e. The topological polar surface area (TPSA) is 112 Å². The molecule has 0 saturated heterocycles. The number of para-hydroxylation sites is 1. The van der Waals surface area contributed by atoms with E-state index in [4.69, 9.17) is 14.7 Å². The van der Waals surface area contributed by atoms with Crippen LogP contribution in [0.4, 0.5) is 39.0 Å². The van der Waals surface area contributed by atoms with Gasteiger partial charge in [-0.25, -0.2) is 14.4 Å². The van der Waals surface area contributed by atoms with Gasteiger partial charge in [0, 0.05) is 31.9 Å². The van der Waals surface area contributed by atoms with Crippen LogP contribution >= 0.6 is 0 Å². The highest BCUT2D eigenvalue weighted by atomic mass is 19.1. The van der Waals surface area contributed by atoms with Crippen molar-refractivity contribution >= 4 is 51.7 Å². The Morgan fingerprint density at radius 2 is 1.75 bits per heavy atom. The summed E-state index contributed by atoms with van der Waals surface area (Å²) in [5.74, 6) is 0.642. The molecule has 0 aliphatic rings. The number of nitrogens with zero attached hydrogens (tertiary/aromatic N) is 6. The first kappa shape index (κ1) is 30.0. The average Bonchev–Trinajstić information content (AvgIpc) is 3.38. The maximum atomic E-state index is 13.5. The Balaban J connectivity index is 1.55. The first-order valence-electron chi connectivity index (χ1n) is 13.9. The minimum absolute atomic E-state index is 0.288. The number of fused-ring (bicyclic) bond motifs is 1. The van der Waals surface area contributed by atoms with Crippen LogP contribution in [-0.4, -0.2) is 71.7 Å². The van der Waals surface area contributed by atoms with Crippen LogP contribution in [0.3, 0.4) is 0 Å². The van der Waals surface area contributed by atoms with E-state index in [0.717, 1.165) is 24.5 Å². The van der Waals surface area contributed by atoms with Gasteiger partial charge in [-0.3, -0.25) is 9.36 Å². The number of methoxy groups -OCH3 is 1. The van der Waals surface area contributed by atoms with Crippen molar-refractivity contribution in [1.29, 1.82) is 0 Å². The molecule has 11 nitrogen and oxygen atoms in total. The zero-order valence-corrected chi connectivity index (χ0v) is 25.0. The third kappa shape index (κ3) is 6.76. The normalized spacial score (nSPS) is 11.0. The van der Waals surface area contributed by atoms with Crippen molar-refractivity contribution in [2.24, 2.45) is 0 Å². The van der Waals surface area contributed by atoms with Gasteiger partial charge in [0.15, 0.2) is 5.65 Å². The van der Waals surface area contributed by atoms with Crippen LogP contribution < -0.4 is 25.6 Å². The van der Waals surface area contributed by atoms with E-state index < -0.39 is 0 Å². The predicted octanol–water partition coefficient (Wildman–Crippen LogP) is 5.57. The van der Waals surface area contributed by atoms with E-state index in [1.54, 1.807) is 31.5 Å². The number of hydrogen-bond acceptors (Lipinski definition) is 9. The Bertz CT molecular complexity index is 1770. The summed E-state index contributed by atoms with van der Waals surface area (Å²) in [7, 11) is 7.54. The van der Waals surface area contributed by atoms with Crippen molar-refractivity contribution in [2.75, 3.05) is 62.2 Å². The number of imidazole rings is 1. The molecular formula is C32H34FN9O2. The number of anilines is 6. The number of amides is 1. The largest absolute Gasteiger partial charge is 0.494 e. The molecule has 0 spiro atoms. The van der Waals surface area contributed by atoms with Crippen molar-refractivity contribution in [3.8, 4) is 11.4 Å². The van der Waals surface area contributed by atoms with Crippen LogP contribution in [0.15, 0.2) is 85.6 Å². The summed E-state index contributed by atoms with van der Waals surface area (Å²) in [6.07, 6.45) is 2.84. The number of ether oxygens (including phenoxy) is 1. The maximum absolute atomic E-state index is 13.5. The zero-order valence-electron chi connectivity index (χ0n) is 25.0. The molecule has 0 radical (unpaired) electrons. The summed E-state index contributed by atoms with van der Waals surface area (Å²) in [4.78, 5) is 30.5. The second-order valence-electron chi connectivity index (χ2n) is 10.3. The summed E-state index contributed by atoms with van der Waals surface area (Å²) in [5, 5.41) is 9.42. The van der Waals surface area contributed by atoms with Crippen molar-refractivity contribution < 1.29 is 13.9 Å². The summed E-state index contributed by atoms with van der Waals surface area (Å²) < 4.78 is 21.1. The van der Waals surface area contributed by atoms with Gasteiger partial charge in [-0.1, -0.05) is 24.8 Å². The molecule has 12 heteroatoms. The lowest BCUT2D eigenvalue weighted by Crippen LogP contribution is -2.29. The van der Waals surface area contributed by atoms with Gasteiger partial charge in [-0.2, -0.15) is 4.98 Å². The molecule has 2 aromatic heterocycles. The molecule has 2 heterocycles. The molecule has 0 fully saturated rings. The SMILES string of the molecule is C=CC(=O)Nc1cc(Nc2ncc3nc(Nc4ccc(F)cc4)n(-c4ccccc4)c3n2)c(OC)cc1N(C)CCN(C)C. The van der Waals surface area contributed by atoms with E-state index in [9.17, 15) is 9.18 Å². The van der Waals surface area contributed by atoms with Gasteiger partial charge in [0.05, 0.1) is 36.1 Å². The van der Waals surface area contributed by atoms with Gasteiger partial charge < -0.3 is 30.5 Å². The van der Waals surface area contributed by atoms with E-state index in [-0.39, 0.29) is 17.7 Å². The van der Waals surface area contributed by atoms with E-state index in [1.807, 2.05) is 67.0 Å². The van der Waals surface area contributed by atoms with Gasteiger partial charge in [0.25, 0.3) is 0 Å². The lowest BCUT2D eigenvalue weighted by Gasteiger charge is -2.25. The molecule has 3 N–H and O–H groups in total. The first-order chi connectivity index (χ1) is 21.2. The number of carbonyl (C=O) groups is 1. The van der Waals surface area contributed by atoms with Crippen LogP contribution in [0.1, 0.15) is 0 Å². The third-order valence-electron chi connectivity index (χ3n) is 6.82. The summed E-state index contributed by atoms with van der Waals surface area (Å²) in [5.41, 5.74) is 4.47.